The van der Waals surface area contributed by atoms with Crippen molar-refractivity contribution in [3.05, 3.63) is 24.5 Å². The van der Waals surface area contributed by atoms with Gasteiger partial charge >= 0.3 is 0 Å². The summed E-state index contributed by atoms with van der Waals surface area (Å²) in [6.07, 6.45) is 1.53. The number of H-pyrrole nitrogens is 1. The molecule has 1 N–H and O–H groups in total. The van der Waals surface area contributed by atoms with Crippen molar-refractivity contribution in [1.29, 1.82) is 0 Å². The van der Waals surface area contributed by atoms with Crippen LogP contribution in [0.5, 0.6) is 0 Å². The van der Waals surface area contributed by atoms with Gasteiger partial charge in [-0.2, -0.15) is 5.11 Å². The number of imidazole rings is 1. The lowest BCUT2D eigenvalue weighted by Gasteiger charge is -2.11. The number of nitrogens with zero attached hydrogens (tertiary/aromatic N) is 1. The van der Waals surface area contributed by atoms with Crippen LogP contribution in [0.2, 0.25) is 0 Å². The monoisotopic (exact) mass is 209 g/mol. The van der Waals surface area contributed by atoms with Crippen LogP contribution < -0.4 is 0 Å². The number of rotatable bonds is 2. The first-order valence-electron chi connectivity index (χ1n) is 4.18. The Morgan fingerprint density at radius 2 is 2.36 bits per heavy atom. The predicted molar refractivity (Wildman–Crippen MR) is 52.7 cm³/mol. The SMILES string of the molecule is CC([O])[S+]([O-])c1cccc2[nH]cnc12. The fourth-order valence-corrected chi connectivity index (χ4v) is 2.20. The third-order valence-corrected chi connectivity index (χ3v) is 3.30. The highest BCUT2D eigenvalue weighted by molar-refractivity contribution is 7.92. The molecule has 0 saturated heterocycles. The minimum absolute atomic E-state index is 0.506. The quantitative estimate of drug-likeness (QED) is 0.760. The van der Waals surface area contributed by atoms with Crippen LogP contribution in [0.15, 0.2) is 29.4 Å². The van der Waals surface area contributed by atoms with E-state index >= 15 is 0 Å². The van der Waals surface area contributed by atoms with Gasteiger partial charge < -0.3 is 9.54 Å². The smallest absolute Gasteiger partial charge is 0.248 e. The molecule has 2 unspecified atom stereocenters. The third kappa shape index (κ3) is 1.50. The predicted octanol–water partition coefficient (Wildman–Crippen LogP) is 1.45. The molecule has 0 fully saturated rings. The Morgan fingerprint density at radius 1 is 1.57 bits per heavy atom. The maximum absolute atomic E-state index is 11.6. The highest BCUT2D eigenvalue weighted by Crippen LogP contribution is 2.22. The molecule has 1 aromatic carbocycles. The van der Waals surface area contributed by atoms with E-state index in [1.165, 1.54) is 13.3 Å². The first-order chi connectivity index (χ1) is 6.70. The lowest BCUT2D eigenvalue weighted by atomic mass is 10.3. The Hall–Kier alpha value is -1.04. The van der Waals surface area contributed by atoms with E-state index in [1.54, 1.807) is 12.1 Å². The summed E-state index contributed by atoms with van der Waals surface area (Å²) in [5.74, 6) is 0. The topological polar surface area (TPSA) is 71.6 Å². The lowest BCUT2D eigenvalue weighted by Crippen LogP contribution is -2.15. The van der Waals surface area contributed by atoms with E-state index in [0.717, 1.165) is 5.52 Å². The molecule has 2 rings (SSSR count). The zero-order valence-corrected chi connectivity index (χ0v) is 8.38. The number of nitrogens with one attached hydrogen (secondary N) is 1. The van der Waals surface area contributed by atoms with Crippen LogP contribution in [-0.2, 0) is 16.3 Å². The van der Waals surface area contributed by atoms with Crippen LogP contribution >= 0.6 is 0 Å². The van der Waals surface area contributed by atoms with E-state index in [-0.39, 0.29) is 0 Å². The van der Waals surface area contributed by atoms with E-state index in [1.807, 2.05) is 6.07 Å². The lowest BCUT2D eigenvalue weighted by molar-refractivity contribution is 0.170. The van der Waals surface area contributed by atoms with Crippen LogP contribution in [0.3, 0.4) is 0 Å². The molecule has 1 aromatic heterocycles. The van der Waals surface area contributed by atoms with Gasteiger partial charge in [-0.3, -0.25) is 0 Å². The first-order valence-corrected chi connectivity index (χ1v) is 5.40. The molecule has 1 radical (unpaired) electrons. The second kappa shape index (κ2) is 3.61. The third-order valence-electron chi connectivity index (χ3n) is 1.93. The molecule has 0 saturated carbocycles. The Labute approximate surface area is 84.2 Å². The van der Waals surface area contributed by atoms with Crippen LogP contribution in [0, 0.1) is 0 Å². The summed E-state index contributed by atoms with van der Waals surface area (Å²) >= 11 is -1.53. The summed E-state index contributed by atoms with van der Waals surface area (Å²) in [6.45, 7) is 1.39. The zero-order chi connectivity index (χ0) is 10.1. The standard InChI is InChI=1S/C9H9N2O2S/c1-6(12)14(13)8-4-2-3-7-9(8)11-5-10-7/h2-6H,1H3,(H,10,11). The molecule has 2 aromatic rings. The van der Waals surface area contributed by atoms with Gasteiger partial charge in [0.05, 0.1) is 11.8 Å². The van der Waals surface area contributed by atoms with E-state index in [2.05, 4.69) is 9.97 Å². The Kier molecular flexibility index (Phi) is 2.45. The van der Waals surface area contributed by atoms with Gasteiger partial charge in [-0.15, -0.1) is 0 Å². The summed E-state index contributed by atoms with van der Waals surface area (Å²) in [5, 5.41) is 11.1. The van der Waals surface area contributed by atoms with Gasteiger partial charge in [0.1, 0.15) is 5.52 Å². The van der Waals surface area contributed by atoms with Gasteiger partial charge in [0.15, 0.2) is 4.90 Å². The van der Waals surface area contributed by atoms with Crippen LogP contribution in [0.4, 0.5) is 0 Å². The highest BCUT2D eigenvalue weighted by Gasteiger charge is 2.22. The molecule has 0 bridgehead atoms. The normalized spacial score (nSPS) is 15.6. The van der Waals surface area contributed by atoms with E-state index < -0.39 is 16.6 Å². The van der Waals surface area contributed by atoms with Gasteiger partial charge in [-0.25, -0.2) is 4.98 Å². The Balaban J connectivity index is 2.56. The number of fused-ring (bicyclic) bond motifs is 1. The number of benzene rings is 1. The molecular formula is C9H9N2O2S. The van der Waals surface area contributed by atoms with Crippen molar-refractivity contribution in [2.75, 3.05) is 0 Å². The second-order valence-corrected chi connectivity index (χ2v) is 4.62. The van der Waals surface area contributed by atoms with Crippen molar-refractivity contribution < 1.29 is 9.66 Å². The molecule has 0 aliphatic heterocycles. The summed E-state index contributed by atoms with van der Waals surface area (Å²) in [5.41, 5.74) is 0.294. The Bertz CT molecular complexity index is 441. The molecule has 5 heteroatoms. The number of para-hydroxylation sites is 1. The van der Waals surface area contributed by atoms with Gasteiger partial charge in [-0.1, -0.05) is 6.07 Å². The molecule has 1 heterocycles. The fraction of sp³-hybridized carbons (Fsp3) is 0.222. The largest absolute Gasteiger partial charge is 0.609 e. The minimum atomic E-state index is -1.53. The van der Waals surface area contributed by atoms with Gasteiger partial charge in [0, 0.05) is 18.1 Å². The van der Waals surface area contributed by atoms with Gasteiger partial charge in [0.25, 0.3) is 0 Å². The van der Waals surface area contributed by atoms with Crippen molar-refractivity contribution in [2.45, 2.75) is 17.3 Å². The molecule has 0 amide bonds. The number of hydrogen-bond donors (Lipinski definition) is 1. The average Bonchev–Trinajstić information content (AvgIpc) is 2.63. The van der Waals surface area contributed by atoms with Crippen molar-refractivity contribution in [1.82, 2.24) is 9.97 Å². The summed E-state index contributed by atoms with van der Waals surface area (Å²) in [7, 11) is 0. The average molecular weight is 209 g/mol. The minimum Gasteiger partial charge on any atom is -0.609 e. The van der Waals surface area contributed by atoms with E-state index in [0.29, 0.717) is 10.4 Å². The van der Waals surface area contributed by atoms with Gasteiger partial charge in [0.2, 0.25) is 5.44 Å². The molecular weight excluding hydrogens is 200 g/mol. The molecule has 0 aliphatic rings. The van der Waals surface area contributed by atoms with Crippen LogP contribution in [-0.4, -0.2) is 20.0 Å². The summed E-state index contributed by atoms with van der Waals surface area (Å²) < 4.78 is 11.6. The maximum atomic E-state index is 11.6. The second-order valence-electron chi connectivity index (χ2n) is 2.92. The van der Waals surface area contributed by atoms with Gasteiger partial charge in [-0.05, 0) is 12.1 Å². The van der Waals surface area contributed by atoms with Crippen molar-refractivity contribution in [2.24, 2.45) is 0 Å². The highest BCUT2D eigenvalue weighted by atomic mass is 32.2. The van der Waals surface area contributed by atoms with Crippen molar-refractivity contribution in [3.63, 3.8) is 0 Å². The van der Waals surface area contributed by atoms with E-state index in [4.69, 9.17) is 0 Å². The maximum Gasteiger partial charge on any atom is 0.248 e. The molecule has 73 valence electrons. The Morgan fingerprint density at radius 3 is 3.07 bits per heavy atom. The molecule has 0 aliphatic carbocycles. The van der Waals surface area contributed by atoms with Crippen molar-refractivity contribution >= 4 is 22.2 Å². The summed E-state index contributed by atoms with van der Waals surface area (Å²) in [6, 6.07) is 5.27. The summed E-state index contributed by atoms with van der Waals surface area (Å²) in [4.78, 5) is 7.45. The van der Waals surface area contributed by atoms with Crippen LogP contribution in [0.1, 0.15) is 6.92 Å². The molecule has 4 nitrogen and oxygen atoms in total. The zero-order valence-electron chi connectivity index (χ0n) is 7.56. The first kappa shape index (κ1) is 9.51. The number of aromatic nitrogens is 2. The van der Waals surface area contributed by atoms with Crippen molar-refractivity contribution in [3.8, 4) is 0 Å². The molecule has 2 atom stereocenters. The molecule has 14 heavy (non-hydrogen) atoms. The molecule has 0 spiro atoms. The number of aromatic amines is 1. The van der Waals surface area contributed by atoms with Crippen LogP contribution in [0.25, 0.3) is 11.0 Å². The van der Waals surface area contributed by atoms with E-state index in [9.17, 15) is 9.66 Å². The fourth-order valence-electron chi connectivity index (χ4n) is 1.28. The number of hydrogen-bond acceptors (Lipinski definition) is 2.